The highest BCUT2D eigenvalue weighted by Gasteiger charge is 2.17. The first kappa shape index (κ1) is 19.6. The molecule has 0 bridgehead atoms. The van der Waals surface area contributed by atoms with E-state index in [1.54, 1.807) is 54.0 Å². The maximum absolute atomic E-state index is 12.9. The molecule has 0 saturated carbocycles. The molecule has 0 saturated heterocycles. The van der Waals surface area contributed by atoms with Crippen LogP contribution in [0.2, 0.25) is 5.02 Å². The lowest BCUT2D eigenvalue weighted by Crippen LogP contribution is -2.22. The van der Waals surface area contributed by atoms with Crippen LogP contribution < -0.4 is 10.7 Å². The van der Waals surface area contributed by atoms with Crippen LogP contribution in [-0.2, 0) is 11.3 Å². The monoisotopic (exact) mass is 421 g/mol. The number of hydrogen-bond donors (Lipinski definition) is 1. The van der Waals surface area contributed by atoms with E-state index >= 15 is 0 Å². The molecule has 0 radical (unpaired) electrons. The van der Waals surface area contributed by atoms with E-state index < -0.39 is 4.92 Å². The summed E-state index contributed by atoms with van der Waals surface area (Å²) in [4.78, 5) is 36.4. The first-order chi connectivity index (χ1) is 14.4. The van der Waals surface area contributed by atoms with Crippen LogP contribution in [0.4, 0.5) is 11.4 Å². The average molecular weight is 422 g/mol. The highest BCUT2D eigenvalue weighted by molar-refractivity contribution is 6.31. The van der Waals surface area contributed by atoms with Crippen molar-refractivity contribution in [1.82, 2.24) is 4.57 Å². The largest absolute Gasteiger partial charge is 0.331 e. The molecule has 0 spiro atoms. The molecule has 1 N–H and O–H groups in total. The Kier molecular flexibility index (Phi) is 4.97. The number of para-hydroxylation sites is 1. The summed E-state index contributed by atoms with van der Waals surface area (Å²) in [6.07, 6.45) is 0. The zero-order valence-electron chi connectivity index (χ0n) is 15.9. The van der Waals surface area contributed by atoms with E-state index in [0.29, 0.717) is 27.1 Å². The number of halogens is 1. The van der Waals surface area contributed by atoms with Crippen molar-refractivity contribution in [1.29, 1.82) is 0 Å². The van der Waals surface area contributed by atoms with Gasteiger partial charge in [-0.3, -0.25) is 19.7 Å². The molecule has 4 rings (SSSR count). The molecule has 0 unspecified atom stereocenters. The van der Waals surface area contributed by atoms with Crippen molar-refractivity contribution in [3.05, 3.63) is 91.6 Å². The van der Waals surface area contributed by atoms with Crippen molar-refractivity contribution in [2.75, 3.05) is 5.32 Å². The smallest absolute Gasteiger partial charge is 0.270 e. The molecule has 1 heterocycles. The number of nitro benzene ring substituents is 1. The summed E-state index contributed by atoms with van der Waals surface area (Å²) in [6, 6.07) is 16.2. The number of anilines is 1. The van der Waals surface area contributed by atoms with Gasteiger partial charge in [0.05, 0.1) is 21.3 Å². The zero-order chi connectivity index (χ0) is 21.4. The number of aromatic nitrogens is 1. The number of nitro groups is 1. The third-order valence-electron chi connectivity index (χ3n) is 5.01. The summed E-state index contributed by atoms with van der Waals surface area (Å²) in [5.74, 6) is -0.311. The Balaban J connectivity index is 1.85. The Bertz CT molecular complexity index is 1390. The topological polar surface area (TPSA) is 94.2 Å². The van der Waals surface area contributed by atoms with Gasteiger partial charge in [-0.15, -0.1) is 0 Å². The highest BCUT2D eigenvalue weighted by Crippen LogP contribution is 2.25. The van der Waals surface area contributed by atoms with Gasteiger partial charge in [0.15, 0.2) is 5.43 Å². The van der Waals surface area contributed by atoms with Crippen LogP contribution in [0.5, 0.6) is 0 Å². The lowest BCUT2D eigenvalue weighted by molar-refractivity contribution is -0.384. The van der Waals surface area contributed by atoms with Gasteiger partial charge < -0.3 is 9.88 Å². The molecule has 0 aliphatic carbocycles. The van der Waals surface area contributed by atoms with Gasteiger partial charge in [-0.1, -0.05) is 29.8 Å². The third kappa shape index (κ3) is 3.40. The summed E-state index contributed by atoms with van der Waals surface area (Å²) >= 11 is 6.13. The van der Waals surface area contributed by atoms with E-state index in [1.165, 1.54) is 18.2 Å². The normalized spacial score (nSPS) is 11.0. The van der Waals surface area contributed by atoms with Gasteiger partial charge in [-0.05, 0) is 42.8 Å². The molecule has 3 aromatic carbocycles. The van der Waals surface area contributed by atoms with E-state index in [4.69, 9.17) is 11.6 Å². The molecule has 0 aliphatic rings. The van der Waals surface area contributed by atoms with Crippen molar-refractivity contribution in [2.24, 2.45) is 0 Å². The van der Waals surface area contributed by atoms with Gasteiger partial charge in [-0.25, -0.2) is 0 Å². The van der Waals surface area contributed by atoms with E-state index in [-0.39, 0.29) is 29.0 Å². The summed E-state index contributed by atoms with van der Waals surface area (Å²) in [5.41, 5.74) is 1.87. The van der Waals surface area contributed by atoms with Crippen LogP contribution in [0.15, 0.2) is 65.5 Å². The molecule has 1 aromatic heterocycles. The second-order valence-corrected chi connectivity index (χ2v) is 7.26. The lowest BCUT2D eigenvalue weighted by atomic mass is 10.1. The number of benzene rings is 3. The second-order valence-electron chi connectivity index (χ2n) is 6.85. The number of hydrogen-bond acceptors (Lipinski definition) is 4. The summed E-state index contributed by atoms with van der Waals surface area (Å²) in [5, 5.41) is 15.1. The molecule has 150 valence electrons. The van der Waals surface area contributed by atoms with Crippen LogP contribution in [0, 0.1) is 17.0 Å². The maximum atomic E-state index is 12.9. The predicted octanol–water partition coefficient (Wildman–Crippen LogP) is 4.66. The van der Waals surface area contributed by atoms with Gasteiger partial charge in [0.25, 0.3) is 5.69 Å². The zero-order valence-corrected chi connectivity index (χ0v) is 16.6. The van der Waals surface area contributed by atoms with Gasteiger partial charge in [-0.2, -0.15) is 0 Å². The summed E-state index contributed by atoms with van der Waals surface area (Å²) in [7, 11) is 0. The number of carbonyl (C=O) groups is 1. The first-order valence-corrected chi connectivity index (χ1v) is 9.49. The SMILES string of the molecule is Cc1c(Cl)cccc1NC(=O)Cn1c2ccccc2c(=O)c2cc([N+](=O)[O-])ccc21. The molecule has 0 atom stereocenters. The van der Waals surface area contributed by atoms with E-state index in [0.717, 1.165) is 5.56 Å². The number of rotatable bonds is 4. The minimum atomic E-state index is -0.549. The molecule has 7 nitrogen and oxygen atoms in total. The Morgan fingerprint density at radius 1 is 1.07 bits per heavy atom. The fourth-order valence-corrected chi connectivity index (χ4v) is 3.65. The number of nitrogens with one attached hydrogen (secondary N) is 1. The maximum Gasteiger partial charge on any atom is 0.270 e. The summed E-state index contributed by atoms with van der Waals surface area (Å²) < 4.78 is 1.69. The Hall–Kier alpha value is -3.71. The molecular weight excluding hydrogens is 406 g/mol. The Morgan fingerprint density at radius 3 is 2.57 bits per heavy atom. The number of fused-ring (bicyclic) bond motifs is 2. The van der Waals surface area contributed by atoms with Crippen molar-refractivity contribution >= 4 is 50.7 Å². The number of pyridine rings is 1. The van der Waals surface area contributed by atoms with Crippen LogP contribution >= 0.6 is 11.6 Å². The molecular formula is C22H16ClN3O4. The quantitative estimate of drug-likeness (QED) is 0.294. The van der Waals surface area contributed by atoms with E-state index in [1.807, 2.05) is 0 Å². The standard InChI is InChI=1S/C22H16ClN3O4/c1-13-17(23)6-4-7-18(13)24-21(27)12-25-19-8-3-2-5-15(19)22(28)16-11-14(26(29)30)9-10-20(16)25/h2-11H,12H2,1H3,(H,24,27). The fourth-order valence-electron chi connectivity index (χ4n) is 3.48. The highest BCUT2D eigenvalue weighted by atomic mass is 35.5. The van der Waals surface area contributed by atoms with E-state index in [2.05, 4.69) is 5.32 Å². The number of amides is 1. The average Bonchev–Trinajstić information content (AvgIpc) is 2.74. The minimum Gasteiger partial charge on any atom is -0.331 e. The Labute approximate surface area is 175 Å². The number of nitrogens with zero attached hydrogens (tertiary/aromatic N) is 2. The van der Waals surface area contributed by atoms with Crippen LogP contribution in [-0.4, -0.2) is 15.4 Å². The van der Waals surface area contributed by atoms with Gasteiger partial charge in [0, 0.05) is 28.2 Å². The van der Waals surface area contributed by atoms with Crippen molar-refractivity contribution in [2.45, 2.75) is 13.5 Å². The van der Waals surface area contributed by atoms with Gasteiger partial charge in [0.2, 0.25) is 5.91 Å². The van der Waals surface area contributed by atoms with Gasteiger partial charge in [0.1, 0.15) is 6.54 Å². The summed E-state index contributed by atoms with van der Waals surface area (Å²) in [6.45, 7) is 1.72. The minimum absolute atomic E-state index is 0.0823. The van der Waals surface area contributed by atoms with Crippen LogP contribution in [0.1, 0.15) is 5.56 Å². The van der Waals surface area contributed by atoms with Crippen molar-refractivity contribution < 1.29 is 9.72 Å². The predicted molar refractivity (Wildman–Crippen MR) is 117 cm³/mol. The van der Waals surface area contributed by atoms with Crippen LogP contribution in [0.25, 0.3) is 21.8 Å². The Morgan fingerprint density at radius 2 is 1.80 bits per heavy atom. The molecule has 4 aromatic rings. The van der Waals surface area contributed by atoms with Crippen LogP contribution in [0.3, 0.4) is 0 Å². The first-order valence-electron chi connectivity index (χ1n) is 9.11. The van der Waals surface area contributed by atoms with Crippen molar-refractivity contribution in [3.8, 4) is 0 Å². The van der Waals surface area contributed by atoms with Gasteiger partial charge >= 0.3 is 0 Å². The molecule has 0 fully saturated rings. The third-order valence-corrected chi connectivity index (χ3v) is 5.42. The van der Waals surface area contributed by atoms with Crippen molar-refractivity contribution in [3.63, 3.8) is 0 Å². The van der Waals surface area contributed by atoms with E-state index in [9.17, 15) is 19.7 Å². The fraction of sp³-hybridized carbons (Fsp3) is 0.0909. The molecule has 30 heavy (non-hydrogen) atoms. The molecule has 8 heteroatoms. The molecule has 0 aliphatic heterocycles. The lowest BCUT2D eigenvalue weighted by Gasteiger charge is -2.16. The number of non-ortho nitro benzene ring substituents is 1. The molecule has 1 amide bonds. The number of carbonyl (C=O) groups excluding carboxylic acids is 1. The second kappa shape index (κ2) is 7.61.